The van der Waals surface area contributed by atoms with Crippen LogP contribution in [-0.4, -0.2) is 17.5 Å². The zero-order valence-electron chi connectivity index (χ0n) is 14.6. The third kappa shape index (κ3) is 3.67. The van der Waals surface area contributed by atoms with Crippen molar-refractivity contribution in [3.05, 3.63) is 27.2 Å². The topological polar surface area (TPSA) is 69.7 Å². The second kappa shape index (κ2) is 7.34. The second-order valence-corrected chi connectivity index (χ2v) is 7.47. The van der Waals surface area contributed by atoms with Crippen molar-refractivity contribution in [2.75, 3.05) is 0 Å². The number of carbonyl (C=O) groups is 3. The van der Waals surface area contributed by atoms with Crippen LogP contribution in [0.1, 0.15) is 56.5 Å². The van der Waals surface area contributed by atoms with E-state index >= 15 is 0 Å². The highest BCUT2D eigenvalue weighted by Gasteiger charge is 2.49. The molecule has 0 aromatic heterocycles. The summed E-state index contributed by atoms with van der Waals surface area (Å²) < 4.78 is 0. The maximum Gasteiger partial charge on any atom is 0.352 e. The van der Waals surface area contributed by atoms with Gasteiger partial charge in [-0.05, 0) is 37.3 Å². The van der Waals surface area contributed by atoms with E-state index in [0.29, 0.717) is 30.4 Å². The highest BCUT2D eigenvalue weighted by atomic mass is 35.5. The van der Waals surface area contributed by atoms with Gasteiger partial charge in [0.2, 0.25) is 0 Å². The quantitative estimate of drug-likeness (QED) is 0.527. The van der Waals surface area contributed by atoms with Gasteiger partial charge in [-0.3, -0.25) is 14.6 Å². The van der Waals surface area contributed by atoms with Crippen LogP contribution in [0.25, 0.3) is 0 Å². The van der Waals surface area contributed by atoms with Crippen molar-refractivity contribution >= 4 is 40.7 Å². The summed E-state index contributed by atoms with van der Waals surface area (Å²) in [5.41, 5.74) is 0.332. The molecule has 1 aliphatic rings. The number of fused-ring (bicyclic) bond motifs is 1. The van der Waals surface area contributed by atoms with Crippen LogP contribution in [-0.2, 0) is 20.9 Å². The van der Waals surface area contributed by atoms with Crippen LogP contribution < -0.4 is 4.89 Å². The molecule has 1 aromatic rings. The molecule has 1 aliphatic carbocycles. The number of Topliss-reactive ketones (excluding diaryl/α,β-unsaturated/α-hetero) is 2. The van der Waals surface area contributed by atoms with Gasteiger partial charge in [0, 0.05) is 24.3 Å². The van der Waals surface area contributed by atoms with Crippen LogP contribution in [0.4, 0.5) is 0 Å². The van der Waals surface area contributed by atoms with E-state index in [-0.39, 0.29) is 33.3 Å². The highest BCUT2D eigenvalue weighted by Crippen LogP contribution is 2.51. The second-order valence-electron chi connectivity index (χ2n) is 6.71. The van der Waals surface area contributed by atoms with Gasteiger partial charge in [-0.15, -0.1) is 0 Å². The summed E-state index contributed by atoms with van der Waals surface area (Å²) in [5.74, 6) is -0.614. The largest absolute Gasteiger partial charge is 0.352 e. The van der Waals surface area contributed by atoms with Crippen LogP contribution in [0.15, 0.2) is 6.07 Å². The first-order valence-electron chi connectivity index (χ1n) is 8.00. The van der Waals surface area contributed by atoms with E-state index in [9.17, 15) is 14.4 Å². The lowest BCUT2D eigenvalue weighted by atomic mass is 9.70. The molecule has 0 amide bonds. The predicted molar refractivity (Wildman–Crippen MR) is 94.1 cm³/mol. The summed E-state index contributed by atoms with van der Waals surface area (Å²) >= 11 is 12.5. The number of rotatable bonds is 6. The number of hydrogen-bond acceptors (Lipinski definition) is 5. The van der Waals surface area contributed by atoms with Crippen LogP contribution >= 0.6 is 23.2 Å². The minimum Gasteiger partial charge on any atom is -0.300 e. The van der Waals surface area contributed by atoms with Gasteiger partial charge in [0.1, 0.15) is 10.8 Å². The van der Waals surface area contributed by atoms with Crippen molar-refractivity contribution in [3.63, 3.8) is 0 Å². The number of carbonyl (C=O) groups excluding carboxylic acids is 3. The van der Waals surface area contributed by atoms with Crippen molar-refractivity contribution in [3.8, 4) is 5.75 Å². The van der Waals surface area contributed by atoms with Crippen molar-refractivity contribution in [2.45, 2.75) is 47.0 Å². The Morgan fingerprint density at radius 1 is 1.24 bits per heavy atom. The van der Waals surface area contributed by atoms with Gasteiger partial charge in [0.25, 0.3) is 0 Å². The first-order chi connectivity index (χ1) is 11.6. The molecule has 0 aliphatic heterocycles. The number of halogens is 2. The summed E-state index contributed by atoms with van der Waals surface area (Å²) in [4.78, 5) is 45.0. The molecule has 1 aromatic carbocycles. The summed E-state index contributed by atoms with van der Waals surface area (Å²) in [7, 11) is 0. The molecular formula is C18H20Cl2O5. The fraction of sp³-hybridized carbons (Fsp3) is 0.500. The predicted octanol–water partition coefficient (Wildman–Crippen LogP) is 4.60. The summed E-state index contributed by atoms with van der Waals surface area (Å²) in [6.07, 6.45) is 1.20. The zero-order chi connectivity index (χ0) is 18.9. The number of ketones is 2. The molecule has 5 nitrogen and oxygen atoms in total. The lowest BCUT2D eigenvalue weighted by Crippen LogP contribution is -2.34. The molecule has 2 rings (SSSR count). The number of hydrogen-bond donors (Lipinski definition) is 0. The Bertz CT molecular complexity index is 741. The minimum absolute atomic E-state index is 0.0134. The van der Waals surface area contributed by atoms with E-state index in [1.807, 2.05) is 13.8 Å². The Kier molecular flexibility index (Phi) is 5.79. The molecule has 0 heterocycles. The average molecular weight is 387 g/mol. The van der Waals surface area contributed by atoms with E-state index in [2.05, 4.69) is 4.89 Å². The maximum absolute atomic E-state index is 13.1. The van der Waals surface area contributed by atoms with Crippen LogP contribution in [0.2, 0.25) is 10.0 Å². The smallest absolute Gasteiger partial charge is 0.300 e. The molecule has 0 bridgehead atoms. The van der Waals surface area contributed by atoms with Crippen LogP contribution in [0.3, 0.4) is 0 Å². The monoisotopic (exact) mass is 386 g/mol. The van der Waals surface area contributed by atoms with E-state index in [0.717, 1.165) is 0 Å². The molecule has 25 heavy (non-hydrogen) atoms. The molecule has 0 fully saturated rings. The Labute approximate surface area is 156 Å². The van der Waals surface area contributed by atoms with Gasteiger partial charge in [0.05, 0.1) is 5.02 Å². The van der Waals surface area contributed by atoms with E-state index < -0.39 is 11.4 Å². The van der Waals surface area contributed by atoms with Crippen molar-refractivity contribution in [1.82, 2.24) is 0 Å². The fourth-order valence-electron chi connectivity index (χ4n) is 3.23. The molecule has 0 saturated heterocycles. The first-order valence-corrected chi connectivity index (χ1v) is 8.76. The Morgan fingerprint density at radius 2 is 1.88 bits per heavy atom. The molecule has 1 unspecified atom stereocenters. The standard InChI is InChI=1S/C18H20Cl2O5/c1-9(2)18(6-5-10(3)21)8-12-7-13(25-24-11(4)22)15(19)16(20)14(12)17(18)23/h7,9H,5-6,8H2,1-4H3. The molecule has 136 valence electrons. The Hall–Kier alpha value is -1.59. The highest BCUT2D eigenvalue weighted by molar-refractivity contribution is 6.45. The van der Waals surface area contributed by atoms with Crippen LogP contribution in [0.5, 0.6) is 5.75 Å². The number of benzene rings is 1. The van der Waals surface area contributed by atoms with Crippen LogP contribution in [0, 0.1) is 11.3 Å². The van der Waals surface area contributed by atoms with Crippen molar-refractivity contribution in [2.24, 2.45) is 11.3 Å². The van der Waals surface area contributed by atoms with Gasteiger partial charge < -0.3 is 4.79 Å². The molecule has 0 spiro atoms. The Morgan fingerprint density at radius 3 is 2.40 bits per heavy atom. The lowest BCUT2D eigenvalue weighted by Gasteiger charge is -2.31. The van der Waals surface area contributed by atoms with E-state index in [4.69, 9.17) is 28.1 Å². The SMILES string of the molecule is CC(=O)CCC1(C(C)C)Cc2cc(OOC(C)=O)c(Cl)c(Cl)c2C1=O. The fourth-order valence-corrected chi connectivity index (χ4v) is 3.71. The zero-order valence-corrected chi connectivity index (χ0v) is 16.1. The Balaban J connectivity index is 2.46. The molecule has 7 heteroatoms. The van der Waals surface area contributed by atoms with Gasteiger partial charge in [-0.2, -0.15) is 0 Å². The normalized spacial score (nSPS) is 19.1. The van der Waals surface area contributed by atoms with Gasteiger partial charge in [0.15, 0.2) is 11.5 Å². The lowest BCUT2D eigenvalue weighted by molar-refractivity contribution is -0.210. The average Bonchev–Trinajstić information content (AvgIpc) is 2.80. The van der Waals surface area contributed by atoms with E-state index in [1.54, 1.807) is 6.07 Å². The van der Waals surface area contributed by atoms with Crippen molar-refractivity contribution < 1.29 is 24.2 Å². The van der Waals surface area contributed by atoms with Gasteiger partial charge in [-0.1, -0.05) is 37.0 Å². The summed E-state index contributed by atoms with van der Waals surface area (Å²) in [6.45, 7) is 6.61. The molecule has 1 atom stereocenters. The minimum atomic E-state index is -0.707. The first kappa shape index (κ1) is 19.7. The summed E-state index contributed by atoms with van der Waals surface area (Å²) in [6, 6.07) is 1.57. The molecule has 0 saturated carbocycles. The van der Waals surface area contributed by atoms with E-state index in [1.165, 1.54) is 13.8 Å². The van der Waals surface area contributed by atoms with Gasteiger partial charge in [-0.25, -0.2) is 4.79 Å². The van der Waals surface area contributed by atoms with Gasteiger partial charge >= 0.3 is 5.97 Å². The molecular weight excluding hydrogens is 367 g/mol. The third-order valence-electron chi connectivity index (χ3n) is 4.72. The van der Waals surface area contributed by atoms with Crippen molar-refractivity contribution in [1.29, 1.82) is 0 Å². The maximum atomic E-state index is 13.1. The molecule has 0 N–H and O–H groups in total. The molecule has 0 radical (unpaired) electrons. The summed E-state index contributed by atoms with van der Waals surface area (Å²) in [5, 5.41) is 0.0952. The third-order valence-corrected chi connectivity index (χ3v) is 5.57.